The molecule has 0 aromatic rings. The van der Waals surface area contributed by atoms with E-state index >= 15 is 0 Å². The molecule has 1 amide bonds. The molecule has 0 saturated carbocycles. The summed E-state index contributed by atoms with van der Waals surface area (Å²) in [6, 6.07) is 0. The molecule has 0 aromatic heterocycles. The van der Waals surface area contributed by atoms with Crippen molar-refractivity contribution in [2.75, 3.05) is 6.54 Å². The molecule has 1 rings (SSSR count). The van der Waals surface area contributed by atoms with Crippen molar-refractivity contribution in [2.45, 2.75) is 26.2 Å². The Bertz CT molecular complexity index is 111. The molecule has 0 aromatic carbocycles. The highest BCUT2D eigenvalue weighted by molar-refractivity contribution is 5.80. The second-order valence-corrected chi connectivity index (χ2v) is 2.49. The fourth-order valence-electron chi connectivity index (χ4n) is 1.20. The number of amides is 1. The molecule has 2 nitrogen and oxygen atoms in total. The Hall–Kier alpha value is -0.530. The van der Waals surface area contributed by atoms with Crippen LogP contribution in [0, 0.1) is 5.92 Å². The minimum absolute atomic E-state index is 0.136. The first-order chi connectivity index (χ1) is 4.34. The zero-order valence-corrected chi connectivity index (χ0v) is 5.76. The molecule has 0 spiro atoms. The lowest BCUT2D eigenvalue weighted by Gasteiger charge is -2.00. The Morgan fingerprint density at radius 1 is 1.78 bits per heavy atom. The number of carbonyl (C=O) groups is 1. The van der Waals surface area contributed by atoms with Gasteiger partial charge in [-0.2, -0.15) is 0 Å². The summed E-state index contributed by atoms with van der Waals surface area (Å²) in [6.45, 7) is 2.87. The van der Waals surface area contributed by atoms with Crippen LogP contribution in [-0.4, -0.2) is 12.5 Å². The highest BCUT2D eigenvalue weighted by Gasteiger charge is 2.23. The van der Waals surface area contributed by atoms with Gasteiger partial charge in [-0.25, -0.2) is 0 Å². The second-order valence-electron chi connectivity index (χ2n) is 2.49. The van der Waals surface area contributed by atoms with Crippen LogP contribution in [0.3, 0.4) is 0 Å². The van der Waals surface area contributed by atoms with Crippen LogP contribution in [0.15, 0.2) is 0 Å². The van der Waals surface area contributed by atoms with Gasteiger partial charge in [0.25, 0.3) is 0 Å². The van der Waals surface area contributed by atoms with Gasteiger partial charge in [0.2, 0.25) is 5.91 Å². The van der Waals surface area contributed by atoms with Gasteiger partial charge in [0.15, 0.2) is 0 Å². The smallest absolute Gasteiger partial charge is 0.244 e. The van der Waals surface area contributed by atoms with Crippen molar-refractivity contribution in [1.29, 1.82) is 0 Å². The van der Waals surface area contributed by atoms with Gasteiger partial charge in [-0.15, -0.1) is 0 Å². The average molecular weight is 126 g/mol. The summed E-state index contributed by atoms with van der Waals surface area (Å²) in [4.78, 5) is 10.8. The van der Waals surface area contributed by atoms with Gasteiger partial charge in [-0.05, 0) is 12.8 Å². The van der Waals surface area contributed by atoms with Gasteiger partial charge >= 0.3 is 0 Å². The Balaban J connectivity index is 2.31. The van der Waals surface area contributed by atoms with Crippen LogP contribution in [0.1, 0.15) is 26.2 Å². The zero-order valence-electron chi connectivity index (χ0n) is 5.76. The summed E-state index contributed by atoms with van der Waals surface area (Å²) in [5.74, 6) is 0.409. The number of hydrogen-bond acceptors (Lipinski definition) is 1. The van der Waals surface area contributed by atoms with Crippen LogP contribution in [0.2, 0.25) is 0 Å². The minimum atomic E-state index is 0.136. The first-order valence-corrected chi connectivity index (χ1v) is 3.56. The molecule has 1 atom stereocenters. The maximum absolute atomic E-state index is 10.8. The predicted molar refractivity (Wildman–Crippen MR) is 35.0 cm³/mol. The third-order valence-electron chi connectivity index (χ3n) is 1.73. The molecule has 1 saturated heterocycles. The van der Waals surface area contributed by atoms with Crippen LogP contribution < -0.4 is 5.32 Å². The third kappa shape index (κ3) is 1.44. The maximum atomic E-state index is 10.8. The van der Waals surface area contributed by atoms with E-state index in [1.54, 1.807) is 0 Å². The van der Waals surface area contributed by atoms with E-state index in [4.69, 9.17) is 0 Å². The van der Waals surface area contributed by atoms with Crippen LogP contribution in [0.25, 0.3) is 0 Å². The van der Waals surface area contributed by atoms with Gasteiger partial charge in [0.05, 0.1) is 0 Å². The van der Waals surface area contributed by atoms with Crippen molar-refractivity contribution in [2.24, 2.45) is 5.92 Å². The Morgan fingerprint density at radius 2 is 2.56 bits per heavy atom. The van der Waals surface area contributed by atoms with Crippen LogP contribution in [-0.2, 0) is 4.79 Å². The van der Waals surface area contributed by atoms with E-state index < -0.39 is 0 Å². The molecule has 1 aliphatic heterocycles. The van der Waals surface area contributed by atoms with Gasteiger partial charge in [0.1, 0.15) is 0 Å². The molecular formula is C7H12NO. The highest BCUT2D eigenvalue weighted by atomic mass is 16.2. The summed E-state index contributed by atoms with van der Waals surface area (Å²) >= 11 is 0. The molecule has 0 aliphatic carbocycles. The molecule has 51 valence electrons. The quantitative estimate of drug-likeness (QED) is 0.541. The Morgan fingerprint density at radius 3 is 3.00 bits per heavy atom. The van der Waals surface area contributed by atoms with Crippen LogP contribution >= 0.6 is 0 Å². The molecule has 0 N–H and O–H groups in total. The molecule has 1 unspecified atom stereocenters. The number of rotatable bonds is 2. The molecule has 0 bridgehead atoms. The number of carbonyl (C=O) groups excluding carboxylic acids is 1. The Kier molecular flexibility index (Phi) is 2.09. The van der Waals surface area contributed by atoms with E-state index in [0.29, 0.717) is 0 Å². The summed E-state index contributed by atoms with van der Waals surface area (Å²) in [5, 5.41) is 3.80. The third-order valence-corrected chi connectivity index (χ3v) is 1.73. The van der Waals surface area contributed by atoms with Crippen molar-refractivity contribution in [3.05, 3.63) is 0 Å². The monoisotopic (exact) mass is 126 g/mol. The molecule has 1 fully saturated rings. The van der Waals surface area contributed by atoms with Gasteiger partial charge < -0.3 is 0 Å². The van der Waals surface area contributed by atoms with Crippen LogP contribution in [0.5, 0.6) is 0 Å². The van der Waals surface area contributed by atoms with Crippen molar-refractivity contribution < 1.29 is 4.79 Å². The maximum Gasteiger partial charge on any atom is 0.244 e. The van der Waals surface area contributed by atoms with E-state index in [-0.39, 0.29) is 11.8 Å². The summed E-state index contributed by atoms with van der Waals surface area (Å²) < 4.78 is 0. The number of hydrogen-bond donors (Lipinski definition) is 0. The summed E-state index contributed by atoms with van der Waals surface area (Å²) in [6.07, 6.45) is 3.13. The normalized spacial score (nSPS) is 26.3. The summed E-state index contributed by atoms with van der Waals surface area (Å²) in [7, 11) is 0. The lowest BCUT2D eigenvalue weighted by Crippen LogP contribution is -2.12. The fourth-order valence-corrected chi connectivity index (χ4v) is 1.20. The van der Waals surface area contributed by atoms with E-state index in [1.807, 2.05) is 0 Å². The van der Waals surface area contributed by atoms with Gasteiger partial charge in [0, 0.05) is 12.5 Å². The van der Waals surface area contributed by atoms with E-state index in [0.717, 1.165) is 25.8 Å². The Labute approximate surface area is 55.6 Å². The molecule has 2 heteroatoms. The first-order valence-electron chi connectivity index (χ1n) is 3.56. The SMILES string of the molecule is CCCC1CC[N]C1=O. The lowest BCUT2D eigenvalue weighted by molar-refractivity contribution is -0.122. The van der Waals surface area contributed by atoms with Crippen LogP contribution in [0.4, 0.5) is 0 Å². The topological polar surface area (TPSA) is 31.2 Å². The number of nitrogens with zero attached hydrogens (tertiary/aromatic N) is 1. The molecule has 1 aliphatic rings. The zero-order chi connectivity index (χ0) is 6.69. The first kappa shape index (κ1) is 6.59. The second kappa shape index (κ2) is 2.85. The van der Waals surface area contributed by atoms with E-state index in [1.165, 1.54) is 0 Å². The van der Waals surface area contributed by atoms with Gasteiger partial charge in [-0.3, -0.25) is 10.1 Å². The van der Waals surface area contributed by atoms with E-state index in [9.17, 15) is 4.79 Å². The minimum Gasteiger partial charge on any atom is -0.273 e. The van der Waals surface area contributed by atoms with Crippen molar-refractivity contribution in [3.8, 4) is 0 Å². The molecular weight excluding hydrogens is 114 g/mol. The molecule has 1 radical (unpaired) electrons. The van der Waals surface area contributed by atoms with Crippen molar-refractivity contribution in [3.63, 3.8) is 0 Å². The lowest BCUT2D eigenvalue weighted by atomic mass is 10.0. The van der Waals surface area contributed by atoms with E-state index in [2.05, 4.69) is 12.2 Å². The molecule has 1 heterocycles. The van der Waals surface area contributed by atoms with Crippen molar-refractivity contribution in [1.82, 2.24) is 5.32 Å². The van der Waals surface area contributed by atoms with Crippen molar-refractivity contribution >= 4 is 5.91 Å². The standard InChI is InChI=1S/C7H12NO/c1-2-3-6-4-5-8-7(6)9/h6H,2-5H2,1H3. The summed E-state index contributed by atoms with van der Waals surface area (Å²) in [5.41, 5.74) is 0. The van der Waals surface area contributed by atoms with Gasteiger partial charge in [-0.1, -0.05) is 13.3 Å². The predicted octanol–water partition coefficient (Wildman–Crippen LogP) is 0.937. The largest absolute Gasteiger partial charge is 0.273 e. The molecule has 9 heavy (non-hydrogen) atoms. The average Bonchev–Trinajstić information content (AvgIpc) is 2.18. The highest BCUT2D eigenvalue weighted by Crippen LogP contribution is 2.15. The fraction of sp³-hybridized carbons (Fsp3) is 0.857.